The van der Waals surface area contributed by atoms with E-state index < -0.39 is 0 Å². The zero-order valence-electron chi connectivity index (χ0n) is 16.4. The molecule has 0 bridgehead atoms. The Morgan fingerprint density at radius 1 is 1.35 bits per heavy atom. The van der Waals surface area contributed by atoms with E-state index in [-0.39, 0.29) is 24.0 Å². The largest absolute Gasteiger partial charge is 0.385 e. The minimum absolute atomic E-state index is 0. The van der Waals surface area contributed by atoms with Gasteiger partial charge in [-0.15, -0.1) is 34.2 Å². The average Bonchev–Trinajstić information content (AvgIpc) is 3.08. The van der Waals surface area contributed by atoms with Crippen LogP contribution in [0.2, 0.25) is 0 Å². The van der Waals surface area contributed by atoms with Gasteiger partial charge < -0.3 is 19.9 Å². The number of hydrogen-bond acceptors (Lipinski definition) is 4. The maximum atomic E-state index is 5.11. The summed E-state index contributed by atoms with van der Waals surface area (Å²) in [6.45, 7) is 7.62. The highest BCUT2D eigenvalue weighted by molar-refractivity contribution is 14.0. The zero-order valence-corrected chi connectivity index (χ0v) is 18.7. The lowest BCUT2D eigenvalue weighted by Gasteiger charge is -2.28. The third-order valence-electron chi connectivity index (χ3n) is 4.79. The molecule has 7 nitrogen and oxygen atoms in total. The van der Waals surface area contributed by atoms with Gasteiger partial charge in [0.15, 0.2) is 5.96 Å². The average molecular weight is 478 g/mol. The van der Waals surface area contributed by atoms with Gasteiger partial charge in [-0.1, -0.05) is 13.8 Å². The van der Waals surface area contributed by atoms with E-state index in [0.29, 0.717) is 6.04 Å². The maximum absolute atomic E-state index is 5.11. The number of aryl methyl sites for hydroxylation is 1. The summed E-state index contributed by atoms with van der Waals surface area (Å²) >= 11 is 0. The molecule has 1 saturated carbocycles. The Morgan fingerprint density at radius 2 is 2.12 bits per heavy atom. The van der Waals surface area contributed by atoms with Gasteiger partial charge in [-0.05, 0) is 38.0 Å². The molecule has 2 rings (SSSR count). The number of hydrogen-bond donors (Lipinski definition) is 2. The topological polar surface area (TPSA) is 76.4 Å². The lowest BCUT2D eigenvalue weighted by molar-refractivity contribution is 0.197. The third kappa shape index (κ3) is 8.20. The minimum Gasteiger partial charge on any atom is -0.385 e. The predicted molar refractivity (Wildman–Crippen MR) is 116 cm³/mol. The first kappa shape index (κ1) is 23.1. The quantitative estimate of drug-likeness (QED) is 0.247. The molecular weight excluding hydrogens is 443 g/mol. The summed E-state index contributed by atoms with van der Waals surface area (Å²) in [5, 5.41) is 15.2. The SMILES string of the molecule is CCc1nncn1CCNC(=NCCCOC)NC1CCC(C)CC1.I. The number of guanidine groups is 1. The van der Waals surface area contributed by atoms with E-state index in [1.165, 1.54) is 25.7 Å². The number of ether oxygens (including phenoxy) is 1. The van der Waals surface area contributed by atoms with Crippen LogP contribution in [0.5, 0.6) is 0 Å². The van der Waals surface area contributed by atoms with E-state index in [1.807, 2.05) is 0 Å². The van der Waals surface area contributed by atoms with Gasteiger partial charge in [-0.3, -0.25) is 4.99 Å². The minimum atomic E-state index is 0. The molecule has 1 aliphatic rings. The van der Waals surface area contributed by atoms with Crippen molar-refractivity contribution in [1.29, 1.82) is 0 Å². The molecule has 1 fully saturated rings. The highest BCUT2D eigenvalue weighted by Crippen LogP contribution is 2.23. The number of nitrogens with zero attached hydrogens (tertiary/aromatic N) is 4. The van der Waals surface area contributed by atoms with Crippen LogP contribution in [0.3, 0.4) is 0 Å². The molecule has 1 aromatic rings. The van der Waals surface area contributed by atoms with Crippen molar-refractivity contribution < 1.29 is 4.74 Å². The first-order valence-corrected chi connectivity index (χ1v) is 9.63. The third-order valence-corrected chi connectivity index (χ3v) is 4.79. The van der Waals surface area contributed by atoms with E-state index in [2.05, 4.69) is 39.2 Å². The van der Waals surface area contributed by atoms with Crippen molar-refractivity contribution in [2.75, 3.05) is 26.8 Å². The van der Waals surface area contributed by atoms with Crippen molar-refractivity contribution >= 4 is 29.9 Å². The number of aliphatic imine (C=N–C) groups is 1. The van der Waals surface area contributed by atoms with Gasteiger partial charge in [0.2, 0.25) is 0 Å². The fourth-order valence-electron chi connectivity index (χ4n) is 3.18. The van der Waals surface area contributed by atoms with Gasteiger partial charge in [0.05, 0.1) is 0 Å². The fraction of sp³-hybridized carbons (Fsp3) is 0.833. The van der Waals surface area contributed by atoms with Crippen molar-refractivity contribution in [2.45, 2.75) is 65.0 Å². The number of halogens is 1. The second-order valence-electron chi connectivity index (χ2n) is 6.90. The predicted octanol–water partition coefficient (Wildman–Crippen LogP) is 2.61. The highest BCUT2D eigenvalue weighted by Gasteiger charge is 2.18. The Hall–Kier alpha value is -0.900. The summed E-state index contributed by atoms with van der Waals surface area (Å²) in [4.78, 5) is 4.71. The molecule has 0 spiro atoms. The molecule has 2 N–H and O–H groups in total. The Morgan fingerprint density at radius 3 is 2.81 bits per heavy atom. The van der Waals surface area contributed by atoms with Gasteiger partial charge in [0, 0.05) is 45.8 Å². The summed E-state index contributed by atoms with van der Waals surface area (Å²) in [5.74, 6) is 2.80. The van der Waals surface area contributed by atoms with E-state index in [0.717, 1.165) is 56.8 Å². The maximum Gasteiger partial charge on any atom is 0.191 e. The fourth-order valence-corrected chi connectivity index (χ4v) is 3.18. The highest BCUT2D eigenvalue weighted by atomic mass is 127. The Balaban J connectivity index is 0.00000338. The van der Waals surface area contributed by atoms with Crippen molar-refractivity contribution in [3.8, 4) is 0 Å². The molecule has 0 unspecified atom stereocenters. The van der Waals surface area contributed by atoms with Crippen LogP contribution in [-0.4, -0.2) is 53.6 Å². The van der Waals surface area contributed by atoms with Gasteiger partial charge in [0.25, 0.3) is 0 Å². The van der Waals surface area contributed by atoms with Gasteiger partial charge in [0.1, 0.15) is 12.2 Å². The number of methoxy groups -OCH3 is 1. The molecule has 0 saturated heterocycles. The van der Waals surface area contributed by atoms with Crippen molar-refractivity contribution in [3.05, 3.63) is 12.2 Å². The normalized spacial score (nSPS) is 20.5. The molecule has 26 heavy (non-hydrogen) atoms. The zero-order chi connectivity index (χ0) is 17.9. The first-order chi connectivity index (χ1) is 12.2. The molecule has 1 heterocycles. The molecule has 0 aromatic carbocycles. The van der Waals surface area contributed by atoms with E-state index in [1.54, 1.807) is 13.4 Å². The van der Waals surface area contributed by atoms with Crippen molar-refractivity contribution in [1.82, 2.24) is 25.4 Å². The standard InChI is InChI=1S/C18H34N6O.HI/c1-4-17-23-21-14-24(17)12-11-20-18(19-10-5-13-25-3)22-16-8-6-15(2)7-9-16;/h14-16H,4-13H2,1-3H3,(H2,19,20,22);1H. The summed E-state index contributed by atoms with van der Waals surface area (Å²) in [5.41, 5.74) is 0. The van der Waals surface area contributed by atoms with Crippen molar-refractivity contribution in [3.63, 3.8) is 0 Å². The van der Waals surface area contributed by atoms with Crippen LogP contribution in [0.4, 0.5) is 0 Å². The first-order valence-electron chi connectivity index (χ1n) is 9.63. The second-order valence-corrected chi connectivity index (χ2v) is 6.90. The lowest BCUT2D eigenvalue weighted by atomic mass is 9.87. The van der Waals surface area contributed by atoms with Crippen LogP contribution in [-0.2, 0) is 17.7 Å². The Labute approximate surface area is 174 Å². The Bertz CT molecular complexity index is 514. The van der Waals surface area contributed by atoms with Crippen molar-refractivity contribution in [2.24, 2.45) is 10.9 Å². The van der Waals surface area contributed by atoms with Gasteiger partial charge in [-0.25, -0.2) is 0 Å². The summed E-state index contributed by atoms with van der Waals surface area (Å²) < 4.78 is 7.21. The lowest BCUT2D eigenvalue weighted by Crippen LogP contribution is -2.45. The molecule has 0 aliphatic heterocycles. The number of aromatic nitrogens is 3. The van der Waals surface area contributed by atoms with E-state index in [4.69, 9.17) is 9.73 Å². The Kier molecular flexibility index (Phi) is 11.8. The molecule has 150 valence electrons. The second kappa shape index (κ2) is 13.3. The smallest absolute Gasteiger partial charge is 0.191 e. The summed E-state index contributed by atoms with van der Waals surface area (Å²) in [6.07, 6.45) is 8.69. The molecule has 0 amide bonds. The monoisotopic (exact) mass is 478 g/mol. The van der Waals surface area contributed by atoms with Gasteiger partial charge in [-0.2, -0.15) is 0 Å². The van der Waals surface area contributed by atoms with E-state index in [9.17, 15) is 0 Å². The van der Waals surface area contributed by atoms with Crippen LogP contribution in [0.25, 0.3) is 0 Å². The summed E-state index contributed by atoms with van der Waals surface area (Å²) in [6, 6.07) is 0.533. The summed E-state index contributed by atoms with van der Waals surface area (Å²) in [7, 11) is 1.73. The van der Waals surface area contributed by atoms with Crippen LogP contribution in [0.1, 0.15) is 51.8 Å². The van der Waals surface area contributed by atoms with E-state index >= 15 is 0 Å². The van der Waals surface area contributed by atoms with Crippen LogP contribution >= 0.6 is 24.0 Å². The molecule has 1 aromatic heterocycles. The van der Waals surface area contributed by atoms with Gasteiger partial charge >= 0.3 is 0 Å². The molecule has 1 aliphatic carbocycles. The molecular formula is C18H35IN6O. The van der Waals surface area contributed by atoms with Crippen LogP contribution in [0.15, 0.2) is 11.3 Å². The van der Waals surface area contributed by atoms with Crippen LogP contribution in [0, 0.1) is 5.92 Å². The molecule has 8 heteroatoms. The molecule has 0 atom stereocenters. The number of nitrogens with one attached hydrogen (secondary N) is 2. The molecule has 0 radical (unpaired) electrons. The van der Waals surface area contributed by atoms with Crippen LogP contribution < -0.4 is 10.6 Å². The number of rotatable bonds is 9.